The van der Waals surface area contributed by atoms with Crippen LogP contribution in [0.1, 0.15) is 11.1 Å². The molecule has 0 bridgehead atoms. The van der Waals surface area contributed by atoms with Crippen molar-refractivity contribution in [3.05, 3.63) is 100 Å². The van der Waals surface area contributed by atoms with Crippen molar-refractivity contribution in [2.75, 3.05) is 5.32 Å². The molecule has 0 saturated heterocycles. The van der Waals surface area contributed by atoms with Crippen LogP contribution in [0.5, 0.6) is 0 Å². The highest BCUT2D eigenvalue weighted by Crippen LogP contribution is 2.43. The first-order valence-corrected chi connectivity index (χ1v) is 9.93. The molecule has 1 amide bonds. The summed E-state index contributed by atoms with van der Waals surface area (Å²) in [6, 6.07) is 24.7. The van der Waals surface area contributed by atoms with E-state index in [4.69, 9.17) is 4.42 Å². The smallest absolute Gasteiger partial charge is 0.275 e. The topological polar surface area (TPSA) is 122 Å². The van der Waals surface area contributed by atoms with Crippen molar-refractivity contribution >= 4 is 28.9 Å². The van der Waals surface area contributed by atoms with Gasteiger partial charge in [0.25, 0.3) is 11.6 Å². The number of non-ortho nitro benzene ring substituents is 1. The van der Waals surface area contributed by atoms with Crippen molar-refractivity contribution in [3.8, 4) is 28.5 Å². The van der Waals surface area contributed by atoms with Crippen molar-refractivity contribution in [1.29, 1.82) is 5.26 Å². The number of hydrogen-bond donors (Lipinski definition) is 1. The van der Waals surface area contributed by atoms with E-state index >= 15 is 0 Å². The number of carbonyl (C=O) groups is 1. The van der Waals surface area contributed by atoms with Gasteiger partial charge in [-0.1, -0.05) is 60.7 Å². The molecule has 0 unspecified atom stereocenters. The minimum atomic E-state index is -0.546. The van der Waals surface area contributed by atoms with E-state index in [0.29, 0.717) is 17.0 Å². The quantitative estimate of drug-likeness (QED) is 0.337. The maximum Gasteiger partial charge on any atom is 0.275 e. The highest BCUT2D eigenvalue weighted by molar-refractivity contribution is 6.54. The van der Waals surface area contributed by atoms with Crippen LogP contribution < -0.4 is 5.32 Å². The summed E-state index contributed by atoms with van der Waals surface area (Å²) in [5.74, 6) is -0.136. The number of aliphatic imine (C=N–C) groups is 1. The summed E-state index contributed by atoms with van der Waals surface area (Å²) in [5.41, 5.74) is 2.67. The van der Waals surface area contributed by atoms with Crippen LogP contribution in [0.4, 0.5) is 17.3 Å². The van der Waals surface area contributed by atoms with Gasteiger partial charge in [0.05, 0.1) is 10.6 Å². The molecule has 0 saturated carbocycles. The van der Waals surface area contributed by atoms with Crippen LogP contribution in [0, 0.1) is 21.4 Å². The molecular formula is C25H14N4O4. The highest BCUT2D eigenvalue weighted by Gasteiger charge is 2.30. The Morgan fingerprint density at radius 2 is 1.64 bits per heavy atom. The first-order chi connectivity index (χ1) is 16.1. The lowest BCUT2D eigenvalue weighted by Crippen LogP contribution is -2.14. The summed E-state index contributed by atoms with van der Waals surface area (Å²) in [7, 11) is 0. The van der Waals surface area contributed by atoms with E-state index in [1.165, 1.54) is 18.2 Å². The number of anilines is 1. The van der Waals surface area contributed by atoms with Gasteiger partial charge >= 0.3 is 0 Å². The Morgan fingerprint density at radius 1 is 0.970 bits per heavy atom. The Labute approximate surface area is 187 Å². The number of hydrogen-bond acceptors (Lipinski definition) is 6. The standard InChI is InChI=1S/C25H14N4O4/c26-14-19-21(15-7-3-1-4-8-15)23(16-9-5-2-6-10-16)33-25(19)28-22-18-13-17(29(31)32)11-12-20(18)27-24(22)30/h1-13H,(H,27,28,30). The number of nitrogens with zero attached hydrogens (tertiary/aromatic N) is 3. The average Bonchev–Trinajstić information content (AvgIpc) is 3.37. The number of rotatable bonds is 4. The summed E-state index contributed by atoms with van der Waals surface area (Å²) in [6.45, 7) is 0. The summed E-state index contributed by atoms with van der Waals surface area (Å²) in [6.07, 6.45) is 0. The van der Waals surface area contributed by atoms with Crippen LogP contribution in [-0.4, -0.2) is 16.5 Å². The maximum absolute atomic E-state index is 12.6. The summed E-state index contributed by atoms with van der Waals surface area (Å²) >= 11 is 0. The summed E-state index contributed by atoms with van der Waals surface area (Å²) in [5, 5.41) is 23.9. The Morgan fingerprint density at radius 3 is 2.27 bits per heavy atom. The zero-order valence-electron chi connectivity index (χ0n) is 17.0. The van der Waals surface area contributed by atoms with Gasteiger partial charge in [-0.15, -0.1) is 0 Å². The number of nitro groups is 1. The molecular weight excluding hydrogens is 420 g/mol. The number of nitro benzene ring substituents is 1. The van der Waals surface area contributed by atoms with Gasteiger partial charge < -0.3 is 9.73 Å². The van der Waals surface area contributed by atoms with Crippen LogP contribution in [-0.2, 0) is 4.79 Å². The second-order valence-corrected chi connectivity index (χ2v) is 7.23. The van der Waals surface area contributed by atoms with E-state index in [1.807, 2.05) is 60.7 Å². The minimum absolute atomic E-state index is 0.0419. The molecule has 0 spiro atoms. The molecule has 8 nitrogen and oxygen atoms in total. The number of furan rings is 1. The van der Waals surface area contributed by atoms with Gasteiger partial charge in [-0.25, -0.2) is 4.99 Å². The van der Waals surface area contributed by atoms with E-state index in [-0.39, 0.29) is 28.4 Å². The number of fused-ring (bicyclic) bond motifs is 1. The van der Waals surface area contributed by atoms with E-state index in [0.717, 1.165) is 11.1 Å². The van der Waals surface area contributed by atoms with E-state index in [9.17, 15) is 20.2 Å². The third kappa shape index (κ3) is 3.43. The van der Waals surface area contributed by atoms with Gasteiger partial charge in [-0.05, 0) is 11.6 Å². The number of nitriles is 1. The summed E-state index contributed by atoms with van der Waals surface area (Å²) < 4.78 is 6.06. The molecule has 0 aliphatic carbocycles. The van der Waals surface area contributed by atoms with Gasteiger partial charge in [-0.3, -0.25) is 14.9 Å². The van der Waals surface area contributed by atoms with Gasteiger partial charge in [0.15, 0.2) is 0 Å². The van der Waals surface area contributed by atoms with Crippen LogP contribution in [0.2, 0.25) is 0 Å². The lowest BCUT2D eigenvalue weighted by Gasteiger charge is -2.03. The Balaban J connectivity index is 1.74. The molecule has 1 N–H and O–H groups in total. The second-order valence-electron chi connectivity index (χ2n) is 7.23. The first kappa shape index (κ1) is 19.9. The lowest BCUT2D eigenvalue weighted by molar-refractivity contribution is -0.384. The second kappa shape index (κ2) is 7.90. The number of amides is 1. The van der Waals surface area contributed by atoms with E-state index < -0.39 is 10.8 Å². The Bertz CT molecular complexity index is 1480. The Hall–Kier alpha value is -5.03. The first-order valence-electron chi connectivity index (χ1n) is 9.93. The molecule has 0 atom stereocenters. The van der Waals surface area contributed by atoms with E-state index in [1.54, 1.807) is 0 Å². The molecule has 33 heavy (non-hydrogen) atoms. The molecule has 8 heteroatoms. The van der Waals surface area contributed by atoms with Crippen LogP contribution in [0.15, 0.2) is 88.3 Å². The van der Waals surface area contributed by atoms with Gasteiger partial charge in [0.1, 0.15) is 23.1 Å². The zero-order chi connectivity index (χ0) is 22.9. The SMILES string of the molecule is N#Cc1c(N=C2C(=O)Nc3ccc([N+](=O)[O-])cc32)oc(-c2ccccc2)c1-c1ccccc1. The fourth-order valence-corrected chi connectivity index (χ4v) is 3.74. The molecule has 1 aromatic heterocycles. The fourth-order valence-electron chi connectivity index (χ4n) is 3.74. The lowest BCUT2D eigenvalue weighted by atomic mass is 9.98. The van der Waals surface area contributed by atoms with Crippen LogP contribution >= 0.6 is 0 Å². The minimum Gasteiger partial charge on any atom is -0.436 e. The van der Waals surface area contributed by atoms with Crippen LogP contribution in [0.3, 0.4) is 0 Å². The molecule has 0 radical (unpaired) electrons. The highest BCUT2D eigenvalue weighted by atomic mass is 16.6. The predicted molar refractivity (Wildman–Crippen MR) is 122 cm³/mol. The zero-order valence-corrected chi connectivity index (χ0v) is 17.0. The average molecular weight is 434 g/mol. The Kier molecular flexibility index (Phi) is 4.77. The molecule has 1 aliphatic rings. The van der Waals surface area contributed by atoms with Crippen molar-refractivity contribution in [3.63, 3.8) is 0 Å². The van der Waals surface area contributed by atoms with E-state index in [2.05, 4.69) is 16.4 Å². The maximum atomic E-state index is 12.6. The molecule has 4 aromatic rings. The largest absolute Gasteiger partial charge is 0.436 e. The number of benzene rings is 3. The molecule has 2 heterocycles. The van der Waals surface area contributed by atoms with Crippen molar-refractivity contribution in [1.82, 2.24) is 0 Å². The third-order valence-corrected chi connectivity index (χ3v) is 5.25. The van der Waals surface area contributed by atoms with Gasteiger partial charge in [-0.2, -0.15) is 5.26 Å². The van der Waals surface area contributed by atoms with Gasteiger partial charge in [0.2, 0.25) is 5.88 Å². The predicted octanol–water partition coefficient (Wildman–Crippen LogP) is 5.47. The number of nitrogens with one attached hydrogen (secondary N) is 1. The van der Waals surface area contributed by atoms with Crippen molar-refractivity contribution in [2.45, 2.75) is 0 Å². The molecule has 0 fully saturated rings. The van der Waals surface area contributed by atoms with Gasteiger partial charge in [0, 0.05) is 28.8 Å². The molecule has 5 rings (SSSR count). The normalized spacial score (nSPS) is 13.4. The number of carbonyl (C=O) groups excluding carboxylic acids is 1. The fraction of sp³-hybridized carbons (Fsp3) is 0. The van der Waals surface area contributed by atoms with Crippen molar-refractivity contribution < 1.29 is 14.1 Å². The third-order valence-electron chi connectivity index (χ3n) is 5.25. The molecule has 3 aromatic carbocycles. The summed E-state index contributed by atoms with van der Waals surface area (Å²) in [4.78, 5) is 27.7. The monoisotopic (exact) mass is 434 g/mol. The van der Waals surface area contributed by atoms with Crippen molar-refractivity contribution in [2.24, 2.45) is 4.99 Å². The molecule has 1 aliphatic heterocycles. The molecule has 158 valence electrons. The van der Waals surface area contributed by atoms with Crippen LogP contribution in [0.25, 0.3) is 22.5 Å².